The SMILES string of the molecule is Cc1ccc(C(=O)N2CCN(c3cc(N4CCOCC4)cnn3)CC2)c(C)c1. The molecule has 3 heterocycles. The van der Waals surface area contributed by atoms with Gasteiger partial charge in [-0.2, -0.15) is 5.10 Å². The van der Waals surface area contributed by atoms with Crippen LogP contribution >= 0.6 is 0 Å². The van der Waals surface area contributed by atoms with Crippen LogP contribution in [0.2, 0.25) is 0 Å². The summed E-state index contributed by atoms with van der Waals surface area (Å²) in [6.07, 6.45) is 1.81. The van der Waals surface area contributed by atoms with Gasteiger partial charge in [0.15, 0.2) is 5.82 Å². The maximum absolute atomic E-state index is 12.9. The van der Waals surface area contributed by atoms with Crippen molar-refractivity contribution in [1.29, 1.82) is 0 Å². The molecule has 0 saturated carbocycles. The largest absolute Gasteiger partial charge is 0.378 e. The summed E-state index contributed by atoms with van der Waals surface area (Å²) >= 11 is 0. The Labute approximate surface area is 165 Å². The van der Waals surface area contributed by atoms with Crippen LogP contribution in [0.4, 0.5) is 11.5 Å². The van der Waals surface area contributed by atoms with Gasteiger partial charge >= 0.3 is 0 Å². The van der Waals surface area contributed by atoms with Gasteiger partial charge in [0.25, 0.3) is 5.91 Å². The topological polar surface area (TPSA) is 61.8 Å². The van der Waals surface area contributed by atoms with Crippen LogP contribution in [-0.4, -0.2) is 73.5 Å². The number of aryl methyl sites for hydroxylation is 2. The van der Waals surface area contributed by atoms with Crippen molar-refractivity contribution in [3.63, 3.8) is 0 Å². The van der Waals surface area contributed by atoms with E-state index in [9.17, 15) is 4.79 Å². The van der Waals surface area contributed by atoms with E-state index in [0.29, 0.717) is 13.1 Å². The first kappa shape index (κ1) is 18.7. The zero-order valence-electron chi connectivity index (χ0n) is 16.6. The zero-order valence-corrected chi connectivity index (χ0v) is 16.6. The zero-order chi connectivity index (χ0) is 19.5. The van der Waals surface area contributed by atoms with E-state index in [0.717, 1.165) is 62.0 Å². The number of benzene rings is 1. The molecule has 7 nitrogen and oxygen atoms in total. The Morgan fingerprint density at radius 3 is 2.43 bits per heavy atom. The van der Waals surface area contributed by atoms with Gasteiger partial charge in [0, 0.05) is 50.9 Å². The number of hydrogen-bond donors (Lipinski definition) is 0. The first-order valence-corrected chi connectivity index (χ1v) is 9.89. The van der Waals surface area contributed by atoms with Gasteiger partial charge < -0.3 is 19.4 Å². The molecule has 1 aromatic heterocycles. The van der Waals surface area contributed by atoms with Crippen molar-refractivity contribution in [3.05, 3.63) is 47.2 Å². The third-order valence-corrected chi connectivity index (χ3v) is 5.51. The number of hydrogen-bond acceptors (Lipinski definition) is 6. The van der Waals surface area contributed by atoms with Crippen LogP contribution in [0.3, 0.4) is 0 Å². The van der Waals surface area contributed by atoms with E-state index in [-0.39, 0.29) is 5.91 Å². The smallest absolute Gasteiger partial charge is 0.254 e. The fourth-order valence-electron chi connectivity index (χ4n) is 3.86. The molecule has 2 saturated heterocycles. The minimum Gasteiger partial charge on any atom is -0.378 e. The average molecular weight is 381 g/mol. The number of anilines is 2. The molecule has 0 unspecified atom stereocenters. The average Bonchev–Trinajstić information content (AvgIpc) is 2.74. The van der Waals surface area contributed by atoms with Crippen molar-refractivity contribution in [2.75, 3.05) is 62.3 Å². The molecule has 148 valence electrons. The van der Waals surface area contributed by atoms with Gasteiger partial charge in [0.05, 0.1) is 25.1 Å². The Morgan fingerprint density at radius 2 is 1.71 bits per heavy atom. The van der Waals surface area contributed by atoms with E-state index in [1.54, 1.807) is 0 Å². The molecule has 1 aromatic carbocycles. The minimum absolute atomic E-state index is 0.116. The summed E-state index contributed by atoms with van der Waals surface area (Å²) in [5, 5.41) is 8.53. The van der Waals surface area contributed by atoms with Crippen molar-refractivity contribution in [3.8, 4) is 0 Å². The molecule has 0 spiro atoms. The fraction of sp³-hybridized carbons (Fsp3) is 0.476. The van der Waals surface area contributed by atoms with E-state index in [1.807, 2.05) is 37.1 Å². The van der Waals surface area contributed by atoms with Crippen molar-refractivity contribution in [1.82, 2.24) is 15.1 Å². The van der Waals surface area contributed by atoms with E-state index in [4.69, 9.17) is 4.74 Å². The molecule has 2 aliphatic heterocycles. The van der Waals surface area contributed by atoms with Crippen molar-refractivity contribution < 1.29 is 9.53 Å². The Balaban J connectivity index is 1.40. The number of piperazine rings is 1. The number of morpholine rings is 1. The van der Waals surface area contributed by atoms with Gasteiger partial charge in [-0.3, -0.25) is 4.79 Å². The molecule has 0 N–H and O–H groups in total. The fourth-order valence-corrected chi connectivity index (χ4v) is 3.86. The highest BCUT2D eigenvalue weighted by atomic mass is 16.5. The number of carbonyl (C=O) groups is 1. The Hall–Kier alpha value is -2.67. The quantitative estimate of drug-likeness (QED) is 0.809. The van der Waals surface area contributed by atoms with E-state index < -0.39 is 0 Å². The highest BCUT2D eigenvalue weighted by Crippen LogP contribution is 2.22. The molecule has 2 fully saturated rings. The molecule has 2 aromatic rings. The molecule has 0 bridgehead atoms. The number of aromatic nitrogens is 2. The number of rotatable bonds is 3. The normalized spacial score (nSPS) is 17.7. The molecular formula is C21H27N5O2. The summed E-state index contributed by atoms with van der Waals surface area (Å²) in [6.45, 7) is 10.2. The third-order valence-electron chi connectivity index (χ3n) is 5.51. The van der Waals surface area contributed by atoms with Crippen molar-refractivity contribution in [2.24, 2.45) is 0 Å². The second-order valence-electron chi connectivity index (χ2n) is 7.47. The van der Waals surface area contributed by atoms with Gasteiger partial charge in [-0.25, -0.2) is 0 Å². The lowest BCUT2D eigenvalue weighted by Crippen LogP contribution is -2.49. The van der Waals surface area contributed by atoms with Gasteiger partial charge in [0.2, 0.25) is 0 Å². The van der Waals surface area contributed by atoms with Crippen LogP contribution in [0.25, 0.3) is 0 Å². The maximum atomic E-state index is 12.9. The summed E-state index contributed by atoms with van der Waals surface area (Å²) in [5.41, 5.74) is 4.10. The summed E-state index contributed by atoms with van der Waals surface area (Å²) in [4.78, 5) is 19.3. The molecule has 4 rings (SSSR count). The number of amides is 1. The third kappa shape index (κ3) is 3.94. The predicted molar refractivity (Wildman–Crippen MR) is 109 cm³/mol. The van der Waals surface area contributed by atoms with Crippen LogP contribution in [0.5, 0.6) is 0 Å². The Morgan fingerprint density at radius 1 is 0.964 bits per heavy atom. The summed E-state index contributed by atoms with van der Waals surface area (Å²) < 4.78 is 5.43. The molecule has 0 radical (unpaired) electrons. The predicted octanol–water partition coefficient (Wildman–Crippen LogP) is 1.89. The summed E-state index contributed by atoms with van der Waals surface area (Å²) in [6, 6.07) is 8.11. The second kappa shape index (κ2) is 8.14. The molecular weight excluding hydrogens is 354 g/mol. The van der Waals surface area contributed by atoms with Gasteiger partial charge in [-0.15, -0.1) is 5.10 Å². The molecule has 28 heavy (non-hydrogen) atoms. The van der Waals surface area contributed by atoms with Crippen LogP contribution in [-0.2, 0) is 4.74 Å². The highest BCUT2D eigenvalue weighted by molar-refractivity contribution is 5.95. The van der Waals surface area contributed by atoms with Gasteiger partial charge in [0.1, 0.15) is 0 Å². The van der Waals surface area contributed by atoms with Gasteiger partial charge in [-0.05, 0) is 25.5 Å². The van der Waals surface area contributed by atoms with Crippen LogP contribution < -0.4 is 9.80 Å². The lowest BCUT2D eigenvalue weighted by Gasteiger charge is -2.36. The molecule has 1 amide bonds. The number of nitrogens with zero attached hydrogens (tertiary/aromatic N) is 5. The van der Waals surface area contributed by atoms with Gasteiger partial charge in [-0.1, -0.05) is 17.7 Å². The lowest BCUT2D eigenvalue weighted by atomic mass is 10.0. The van der Waals surface area contributed by atoms with E-state index in [2.05, 4.69) is 32.1 Å². The Bertz CT molecular complexity index is 842. The minimum atomic E-state index is 0.116. The number of carbonyl (C=O) groups excluding carboxylic acids is 1. The summed E-state index contributed by atoms with van der Waals surface area (Å²) in [7, 11) is 0. The second-order valence-corrected chi connectivity index (χ2v) is 7.47. The highest BCUT2D eigenvalue weighted by Gasteiger charge is 2.24. The van der Waals surface area contributed by atoms with Crippen LogP contribution in [0.15, 0.2) is 30.5 Å². The maximum Gasteiger partial charge on any atom is 0.254 e. The van der Waals surface area contributed by atoms with Crippen molar-refractivity contribution >= 4 is 17.4 Å². The molecule has 2 aliphatic rings. The first-order valence-electron chi connectivity index (χ1n) is 9.89. The van der Waals surface area contributed by atoms with E-state index in [1.165, 1.54) is 5.56 Å². The molecule has 0 atom stereocenters. The standard InChI is InChI=1S/C21H27N5O2/c1-16-3-4-19(17(2)13-16)21(27)26-7-5-25(6-8-26)20-14-18(15-22-23-20)24-9-11-28-12-10-24/h3-4,13-15H,5-12H2,1-2H3. The number of ether oxygens (including phenoxy) is 1. The van der Waals surface area contributed by atoms with Crippen LogP contribution in [0, 0.1) is 13.8 Å². The van der Waals surface area contributed by atoms with Crippen molar-refractivity contribution in [2.45, 2.75) is 13.8 Å². The Kier molecular flexibility index (Phi) is 5.43. The lowest BCUT2D eigenvalue weighted by molar-refractivity contribution is 0.0745. The van der Waals surface area contributed by atoms with Crippen LogP contribution in [0.1, 0.15) is 21.5 Å². The molecule has 0 aliphatic carbocycles. The summed E-state index contributed by atoms with van der Waals surface area (Å²) in [5.74, 6) is 0.993. The first-order chi connectivity index (χ1) is 13.6. The monoisotopic (exact) mass is 381 g/mol. The molecule has 7 heteroatoms. The van der Waals surface area contributed by atoms with E-state index >= 15 is 0 Å².